The van der Waals surface area contributed by atoms with E-state index in [-0.39, 0.29) is 30.5 Å². The van der Waals surface area contributed by atoms with Gasteiger partial charge in [-0.1, -0.05) is 11.6 Å². The lowest BCUT2D eigenvalue weighted by molar-refractivity contribution is -0.116. The van der Waals surface area contributed by atoms with Crippen LogP contribution in [0.4, 0.5) is 5.69 Å². The number of halogens is 1. The highest BCUT2D eigenvalue weighted by atomic mass is 35.5. The largest absolute Gasteiger partial charge is 0.467 e. The maximum atomic E-state index is 12.4. The first kappa shape index (κ1) is 17.7. The van der Waals surface area contributed by atoms with Gasteiger partial charge in [0.1, 0.15) is 11.5 Å². The first-order chi connectivity index (χ1) is 12.5. The molecule has 0 unspecified atom stereocenters. The topological polar surface area (TPSA) is 107 Å². The third-order valence-corrected chi connectivity index (χ3v) is 3.80. The summed E-state index contributed by atoms with van der Waals surface area (Å²) in [6.45, 7) is 0.614. The van der Waals surface area contributed by atoms with Gasteiger partial charge in [-0.3, -0.25) is 19.0 Å². The number of aromatic nitrogens is 4. The zero-order valence-electron chi connectivity index (χ0n) is 14.0. The van der Waals surface area contributed by atoms with Crippen molar-refractivity contribution < 1.29 is 14.0 Å². The molecule has 0 atom stereocenters. The molecule has 0 aromatic carbocycles. The normalized spacial score (nSPS) is 10.7. The van der Waals surface area contributed by atoms with Crippen molar-refractivity contribution >= 4 is 29.1 Å². The molecule has 10 heteroatoms. The van der Waals surface area contributed by atoms with Gasteiger partial charge in [-0.05, 0) is 12.1 Å². The van der Waals surface area contributed by atoms with Gasteiger partial charge in [0, 0.05) is 26.2 Å². The van der Waals surface area contributed by atoms with Crippen LogP contribution in [-0.2, 0) is 24.9 Å². The predicted octanol–water partition coefficient (Wildman–Crippen LogP) is 1.82. The molecule has 136 valence electrons. The van der Waals surface area contributed by atoms with Crippen molar-refractivity contribution in [3.8, 4) is 0 Å². The van der Waals surface area contributed by atoms with E-state index >= 15 is 0 Å². The Hall–Kier alpha value is -3.07. The minimum Gasteiger partial charge on any atom is -0.467 e. The first-order valence-electron chi connectivity index (χ1n) is 7.83. The van der Waals surface area contributed by atoms with Gasteiger partial charge >= 0.3 is 0 Å². The predicted molar refractivity (Wildman–Crippen MR) is 93.6 cm³/mol. The molecular weight excluding hydrogens is 360 g/mol. The van der Waals surface area contributed by atoms with Crippen LogP contribution in [0.25, 0.3) is 0 Å². The van der Waals surface area contributed by atoms with Crippen LogP contribution in [0.15, 0.2) is 41.4 Å². The molecule has 0 saturated carbocycles. The van der Waals surface area contributed by atoms with E-state index in [9.17, 15) is 9.59 Å². The van der Waals surface area contributed by atoms with Crippen molar-refractivity contribution in [3.63, 3.8) is 0 Å². The second-order valence-corrected chi connectivity index (χ2v) is 5.95. The summed E-state index contributed by atoms with van der Waals surface area (Å²) in [5.41, 5.74) is 0.597. The molecule has 3 rings (SSSR count). The van der Waals surface area contributed by atoms with E-state index in [2.05, 4.69) is 20.8 Å². The number of rotatable bonds is 7. The number of amides is 2. The average Bonchev–Trinajstić information content (AvgIpc) is 3.33. The number of hydrogen-bond donors (Lipinski definition) is 2. The number of hydrogen-bond acceptors (Lipinski definition) is 5. The number of nitrogens with zero attached hydrogens (tertiary/aromatic N) is 4. The van der Waals surface area contributed by atoms with E-state index in [1.807, 2.05) is 0 Å². The third kappa shape index (κ3) is 4.31. The number of nitrogens with one attached hydrogen (secondary N) is 2. The van der Waals surface area contributed by atoms with E-state index in [0.717, 1.165) is 0 Å². The molecule has 0 saturated heterocycles. The monoisotopic (exact) mass is 376 g/mol. The van der Waals surface area contributed by atoms with Crippen LogP contribution in [0.2, 0.25) is 5.02 Å². The van der Waals surface area contributed by atoms with Gasteiger partial charge in [-0.15, -0.1) is 0 Å². The van der Waals surface area contributed by atoms with E-state index in [1.54, 1.807) is 30.1 Å². The van der Waals surface area contributed by atoms with E-state index in [0.29, 0.717) is 23.0 Å². The molecule has 0 aliphatic carbocycles. The number of anilines is 1. The van der Waals surface area contributed by atoms with Gasteiger partial charge < -0.3 is 15.1 Å². The van der Waals surface area contributed by atoms with E-state index in [1.165, 1.54) is 23.3 Å². The molecule has 0 bridgehead atoms. The summed E-state index contributed by atoms with van der Waals surface area (Å²) in [6.07, 6.45) is 6.28. The van der Waals surface area contributed by atoms with Gasteiger partial charge in [0.15, 0.2) is 0 Å². The zero-order chi connectivity index (χ0) is 18.5. The number of carbonyl (C=O) groups is 2. The molecule has 0 fully saturated rings. The molecule has 3 heterocycles. The van der Waals surface area contributed by atoms with E-state index in [4.69, 9.17) is 16.0 Å². The average molecular weight is 377 g/mol. The molecular formula is C16H17ClN6O3. The van der Waals surface area contributed by atoms with Gasteiger partial charge in [0.2, 0.25) is 5.91 Å². The van der Waals surface area contributed by atoms with Gasteiger partial charge in [-0.25, -0.2) is 0 Å². The Balaban J connectivity index is 1.59. The van der Waals surface area contributed by atoms with Crippen LogP contribution in [0, 0.1) is 0 Å². The zero-order valence-corrected chi connectivity index (χ0v) is 14.7. The fourth-order valence-corrected chi connectivity index (χ4v) is 2.51. The number of carbonyl (C=O) groups excluding carboxylic acids is 2. The summed E-state index contributed by atoms with van der Waals surface area (Å²) < 4.78 is 8.15. The molecule has 0 aliphatic rings. The fraction of sp³-hybridized carbons (Fsp3) is 0.250. The minimum absolute atomic E-state index is 0.181. The van der Waals surface area contributed by atoms with Crippen LogP contribution in [0.3, 0.4) is 0 Å². The van der Waals surface area contributed by atoms with Crippen LogP contribution in [0.1, 0.15) is 22.7 Å². The smallest absolute Gasteiger partial charge is 0.272 e. The van der Waals surface area contributed by atoms with Gasteiger partial charge in [0.05, 0.1) is 35.9 Å². The van der Waals surface area contributed by atoms with Gasteiger partial charge in [-0.2, -0.15) is 10.2 Å². The Kier molecular flexibility index (Phi) is 5.37. The Morgan fingerprint density at radius 2 is 2.15 bits per heavy atom. The van der Waals surface area contributed by atoms with Gasteiger partial charge in [0.25, 0.3) is 5.91 Å². The highest BCUT2D eigenvalue weighted by Gasteiger charge is 2.18. The molecule has 26 heavy (non-hydrogen) atoms. The lowest BCUT2D eigenvalue weighted by Gasteiger charge is -2.08. The summed E-state index contributed by atoms with van der Waals surface area (Å²) in [5.74, 6) is 0.00394. The van der Waals surface area contributed by atoms with Crippen LogP contribution >= 0.6 is 11.6 Å². The number of furan rings is 1. The third-order valence-electron chi connectivity index (χ3n) is 3.60. The quantitative estimate of drug-likeness (QED) is 0.654. The maximum absolute atomic E-state index is 12.4. The Morgan fingerprint density at radius 1 is 1.31 bits per heavy atom. The van der Waals surface area contributed by atoms with Crippen LogP contribution in [-0.4, -0.2) is 31.4 Å². The lowest BCUT2D eigenvalue weighted by Crippen LogP contribution is -2.26. The van der Waals surface area contributed by atoms with Crippen molar-refractivity contribution in [2.75, 3.05) is 5.32 Å². The minimum atomic E-state index is -0.365. The Bertz CT molecular complexity index is 899. The number of aryl methyl sites for hydroxylation is 2. The van der Waals surface area contributed by atoms with Crippen molar-refractivity contribution in [1.82, 2.24) is 24.9 Å². The molecule has 2 N–H and O–H groups in total. The fourth-order valence-electron chi connectivity index (χ4n) is 2.35. The molecule has 0 spiro atoms. The molecule has 3 aromatic rings. The van der Waals surface area contributed by atoms with E-state index < -0.39 is 0 Å². The summed E-state index contributed by atoms with van der Waals surface area (Å²) in [6, 6.07) is 3.50. The van der Waals surface area contributed by atoms with Crippen molar-refractivity contribution in [3.05, 3.63) is 53.5 Å². The maximum Gasteiger partial charge on any atom is 0.272 e. The standard InChI is InChI=1S/C16H17ClN6O3/c1-22-15(16(25)18-8-12-3-2-6-26-12)13(9-19-22)21-14(24)4-5-23-10-11(17)7-20-23/h2-3,6-7,9-10H,4-5,8H2,1H3,(H,18,25)(H,21,24). The van der Waals surface area contributed by atoms with Crippen LogP contribution < -0.4 is 10.6 Å². The highest BCUT2D eigenvalue weighted by molar-refractivity contribution is 6.30. The van der Waals surface area contributed by atoms with Crippen molar-refractivity contribution in [2.45, 2.75) is 19.5 Å². The SMILES string of the molecule is Cn1ncc(NC(=O)CCn2cc(Cl)cn2)c1C(=O)NCc1ccco1. The Morgan fingerprint density at radius 3 is 2.85 bits per heavy atom. The summed E-state index contributed by atoms with van der Waals surface area (Å²) in [5, 5.41) is 14.0. The second-order valence-electron chi connectivity index (χ2n) is 5.51. The first-order valence-corrected chi connectivity index (χ1v) is 8.21. The summed E-state index contributed by atoms with van der Waals surface area (Å²) in [4.78, 5) is 24.6. The second kappa shape index (κ2) is 7.87. The summed E-state index contributed by atoms with van der Waals surface area (Å²) >= 11 is 5.78. The molecule has 3 aromatic heterocycles. The molecule has 9 nitrogen and oxygen atoms in total. The molecule has 2 amide bonds. The highest BCUT2D eigenvalue weighted by Crippen LogP contribution is 2.15. The van der Waals surface area contributed by atoms with Crippen molar-refractivity contribution in [2.24, 2.45) is 7.05 Å². The van der Waals surface area contributed by atoms with Crippen LogP contribution in [0.5, 0.6) is 0 Å². The lowest BCUT2D eigenvalue weighted by atomic mass is 10.3. The molecule has 0 aliphatic heterocycles. The Labute approximate surface area is 153 Å². The van der Waals surface area contributed by atoms with Crippen molar-refractivity contribution in [1.29, 1.82) is 0 Å². The molecule has 0 radical (unpaired) electrons. The summed E-state index contributed by atoms with van der Waals surface area (Å²) in [7, 11) is 1.63.